The van der Waals surface area contributed by atoms with E-state index in [2.05, 4.69) is 33.7 Å². The minimum Gasteiger partial charge on any atom is -0.312 e. The van der Waals surface area contributed by atoms with Crippen LogP contribution in [0.15, 0.2) is 17.5 Å². The molecule has 0 unspecified atom stereocenters. The second-order valence-electron chi connectivity index (χ2n) is 3.96. The lowest BCUT2D eigenvalue weighted by Gasteiger charge is -2.18. The van der Waals surface area contributed by atoms with Gasteiger partial charge in [0, 0.05) is 30.8 Å². The predicted octanol–water partition coefficient (Wildman–Crippen LogP) is 2.16. The third kappa shape index (κ3) is 1.64. The van der Waals surface area contributed by atoms with Crippen LogP contribution in [0.5, 0.6) is 0 Å². The highest BCUT2D eigenvalue weighted by atomic mass is 32.1. The summed E-state index contributed by atoms with van der Waals surface area (Å²) in [5, 5.41) is 5.42. The molecule has 1 aliphatic heterocycles. The van der Waals surface area contributed by atoms with Crippen molar-refractivity contribution in [3.63, 3.8) is 0 Å². The van der Waals surface area contributed by atoms with Crippen LogP contribution in [-0.2, 0) is 13.0 Å². The first kappa shape index (κ1) is 9.93. The zero-order valence-corrected chi connectivity index (χ0v) is 9.97. The third-order valence-electron chi connectivity index (χ3n) is 2.88. The van der Waals surface area contributed by atoms with Crippen LogP contribution in [0.3, 0.4) is 0 Å². The molecule has 0 radical (unpaired) electrons. The molecular formula is C12H13N3S. The lowest BCUT2D eigenvalue weighted by molar-refractivity contribution is 0.622. The van der Waals surface area contributed by atoms with Crippen molar-refractivity contribution < 1.29 is 0 Å². The summed E-state index contributed by atoms with van der Waals surface area (Å²) in [6.45, 7) is 4.00. The van der Waals surface area contributed by atoms with Crippen molar-refractivity contribution >= 4 is 11.3 Å². The summed E-state index contributed by atoms with van der Waals surface area (Å²) in [7, 11) is 0. The first-order valence-corrected chi connectivity index (χ1v) is 6.33. The predicted molar refractivity (Wildman–Crippen MR) is 65.5 cm³/mol. The molecule has 16 heavy (non-hydrogen) atoms. The number of rotatable bonds is 1. The molecule has 0 aliphatic carbocycles. The Morgan fingerprint density at radius 3 is 3.12 bits per heavy atom. The molecule has 3 heterocycles. The third-order valence-corrected chi connectivity index (χ3v) is 3.75. The van der Waals surface area contributed by atoms with E-state index in [4.69, 9.17) is 0 Å². The Balaban J connectivity index is 2.12. The molecule has 0 fully saturated rings. The summed E-state index contributed by atoms with van der Waals surface area (Å²) < 4.78 is 0. The number of thiophene rings is 1. The molecule has 0 bridgehead atoms. The molecule has 0 amide bonds. The molecule has 3 rings (SSSR count). The molecule has 4 heteroatoms. The number of aryl methyl sites for hydroxylation is 1. The zero-order valence-electron chi connectivity index (χ0n) is 9.16. The summed E-state index contributed by atoms with van der Waals surface area (Å²) in [6.07, 6.45) is 1.01. The van der Waals surface area contributed by atoms with Gasteiger partial charge < -0.3 is 5.32 Å². The first-order valence-electron chi connectivity index (χ1n) is 5.45. The first-order chi connectivity index (χ1) is 7.84. The number of nitrogens with one attached hydrogen (secondary N) is 1. The monoisotopic (exact) mass is 231 g/mol. The standard InChI is InChI=1S/C12H13N3S/c1-8-9-7-13-5-4-10(9)15-12(14-8)11-3-2-6-16-11/h2-3,6,13H,4-5,7H2,1H3. The van der Waals surface area contributed by atoms with Gasteiger partial charge in [-0.3, -0.25) is 0 Å². The van der Waals surface area contributed by atoms with Crippen molar-refractivity contribution in [3.8, 4) is 10.7 Å². The normalized spacial score (nSPS) is 14.8. The Kier molecular flexibility index (Phi) is 2.46. The smallest absolute Gasteiger partial charge is 0.169 e. The van der Waals surface area contributed by atoms with Gasteiger partial charge in [-0.2, -0.15) is 0 Å². The second kappa shape index (κ2) is 3.96. The van der Waals surface area contributed by atoms with Gasteiger partial charge >= 0.3 is 0 Å². The van der Waals surface area contributed by atoms with Gasteiger partial charge in [-0.1, -0.05) is 6.07 Å². The van der Waals surface area contributed by atoms with E-state index in [1.807, 2.05) is 6.07 Å². The zero-order chi connectivity index (χ0) is 11.0. The maximum absolute atomic E-state index is 4.68. The SMILES string of the molecule is Cc1nc(-c2cccs2)nc2c1CNCC2. The van der Waals surface area contributed by atoms with Gasteiger partial charge in [0.25, 0.3) is 0 Å². The molecule has 1 aliphatic rings. The summed E-state index contributed by atoms with van der Waals surface area (Å²) in [6, 6.07) is 4.12. The highest BCUT2D eigenvalue weighted by Crippen LogP contribution is 2.24. The average Bonchev–Trinajstić information content (AvgIpc) is 2.82. The van der Waals surface area contributed by atoms with Crippen LogP contribution in [0.4, 0.5) is 0 Å². The molecule has 2 aromatic rings. The highest BCUT2D eigenvalue weighted by Gasteiger charge is 2.15. The van der Waals surface area contributed by atoms with Gasteiger partial charge in [-0.05, 0) is 18.4 Å². The highest BCUT2D eigenvalue weighted by molar-refractivity contribution is 7.13. The van der Waals surface area contributed by atoms with E-state index in [1.54, 1.807) is 11.3 Å². The summed E-state index contributed by atoms with van der Waals surface area (Å²) >= 11 is 1.69. The number of aromatic nitrogens is 2. The van der Waals surface area contributed by atoms with Crippen molar-refractivity contribution in [3.05, 3.63) is 34.5 Å². The number of fused-ring (bicyclic) bond motifs is 1. The van der Waals surface area contributed by atoms with Gasteiger partial charge in [-0.25, -0.2) is 9.97 Å². The molecular weight excluding hydrogens is 218 g/mol. The van der Waals surface area contributed by atoms with Gasteiger partial charge in [0.1, 0.15) is 0 Å². The van der Waals surface area contributed by atoms with E-state index < -0.39 is 0 Å². The van der Waals surface area contributed by atoms with E-state index in [0.717, 1.165) is 35.9 Å². The average molecular weight is 231 g/mol. The van der Waals surface area contributed by atoms with Crippen LogP contribution >= 0.6 is 11.3 Å². The molecule has 0 spiro atoms. The minimum absolute atomic E-state index is 0.883. The maximum Gasteiger partial charge on any atom is 0.169 e. The van der Waals surface area contributed by atoms with E-state index >= 15 is 0 Å². The number of nitrogens with zero attached hydrogens (tertiary/aromatic N) is 2. The van der Waals surface area contributed by atoms with Crippen molar-refractivity contribution in [1.29, 1.82) is 0 Å². The quantitative estimate of drug-likeness (QED) is 0.817. The Labute approximate surface area is 98.6 Å². The Morgan fingerprint density at radius 2 is 2.31 bits per heavy atom. The molecule has 1 N–H and O–H groups in total. The van der Waals surface area contributed by atoms with Crippen LogP contribution < -0.4 is 5.32 Å². The van der Waals surface area contributed by atoms with Crippen LogP contribution in [0.25, 0.3) is 10.7 Å². The molecule has 0 saturated heterocycles. The summed E-state index contributed by atoms with van der Waals surface area (Å²) in [5.41, 5.74) is 3.61. The van der Waals surface area contributed by atoms with Gasteiger partial charge in [0.15, 0.2) is 5.82 Å². The summed E-state index contributed by atoms with van der Waals surface area (Å²) in [4.78, 5) is 10.4. The van der Waals surface area contributed by atoms with E-state index in [9.17, 15) is 0 Å². The summed E-state index contributed by atoms with van der Waals surface area (Å²) in [5.74, 6) is 0.883. The van der Waals surface area contributed by atoms with Crippen molar-refractivity contribution in [1.82, 2.24) is 15.3 Å². The molecule has 0 saturated carbocycles. The van der Waals surface area contributed by atoms with Gasteiger partial charge in [0.05, 0.1) is 10.6 Å². The number of hydrogen-bond donors (Lipinski definition) is 1. The lowest BCUT2D eigenvalue weighted by atomic mass is 10.1. The Hall–Kier alpha value is -1.26. The minimum atomic E-state index is 0.883. The maximum atomic E-state index is 4.68. The molecule has 2 aromatic heterocycles. The van der Waals surface area contributed by atoms with Gasteiger partial charge in [0.2, 0.25) is 0 Å². The molecule has 82 valence electrons. The molecule has 3 nitrogen and oxygen atoms in total. The van der Waals surface area contributed by atoms with Crippen LogP contribution in [0.2, 0.25) is 0 Å². The van der Waals surface area contributed by atoms with Gasteiger partial charge in [-0.15, -0.1) is 11.3 Å². The Bertz CT molecular complexity index is 505. The van der Waals surface area contributed by atoms with E-state index in [0.29, 0.717) is 0 Å². The molecule has 0 aromatic carbocycles. The van der Waals surface area contributed by atoms with E-state index in [1.165, 1.54) is 11.3 Å². The van der Waals surface area contributed by atoms with Crippen LogP contribution in [-0.4, -0.2) is 16.5 Å². The topological polar surface area (TPSA) is 37.8 Å². The fourth-order valence-electron chi connectivity index (χ4n) is 2.03. The second-order valence-corrected chi connectivity index (χ2v) is 4.91. The fourth-order valence-corrected chi connectivity index (χ4v) is 2.69. The van der Waals surface area contributed by atoms with Crippen molar-refractivity contribution in [2.45, 2.75) is 19.9 Å². The largest absolute Gasteiger partial charge is 0.312 e. The Morgan fingerprint density at radius 1 is 1.38 bits per heavy atom. The fraction of sp³-hybridized carbons (Fsp3) is 0.333. The molecule has 0 atom stereocenters. The van der Waals surface area contributed by atoms with Crippen LogP contribution in [0, 0.1) is 6.92 Å². The van der Waals surface area contributed by atoms with Crippen LogP contribution in [0.1, 0.15) is 17.0 Å². The van der Waals surface area contributed by atoms with E-state index in [-0.39, 0.29) is 0 Å². The van der Waals surface area contributed by atoms with Crippen molar-refractivity contribution in [2.75, 3.05) is 6.54 Å². The lowest BCUT2D eigenvalue weighted by Crippen LogP contribution is -2.26. The number of hydrogen-bond acceptors (Lipinski definition) is 4. The van der Waals surface area contributed by atoms with Crippen molar-refractivity contribution in [2.24, 2.45) is 0 Å².